The largest absolute Gasteiger partial charge is 0.508 e. The molecule has 0 unspecified atom stereocenters. The second-order valence-electron chi connectivity index (χ2n) is 21.3. The van der Waals surface area contributed by atoms with Crippen molar-refractivity contribution in [1.29, 1.82) is 0 Å². The quantitative estimate of drug-likeness (QED) is 0.0753. The van der Waals surface area contributed by atoms with Crippen LogP contribution >= 0.6 is 0 Å². The fourth-order valence-corrected chi connectivity index (χ4v) is 10.6. The van der Waals surface area contributed by atoms with Crippen molar-refractivity contribution in [2.24, 2.45) is 5.73 Å². The van der Waals surface area contributed by atoms with Crippen molar-refractivity contribution in [3.8, 4) is 5.75 Å². The molecule has 26 nitrogen and oxygen atoms in total. The number of aromatic amines is 3. The zero-order valence-electron chi connectivity index (χ0n) is 47.2. The Balaban J connectivity index is 1.15. The number of imidazole rings is 1. The number of phenols is 1. The lowest BCUT2D eigenvalue weighted by Crippen LogP contribution is -2.61. The zero-order valence-corrected chi connectivity index (χ0v) is 47.2. The van der Waals surface area contributed by atoms with Crippen LogP contribution in [0.2, 0.25) is 0 Å². The highest BCUT2D eigenvalue weighted by Gasteiger charge is 2.44. The van der Waals surface area contributed by atoms with Crippen LogP contribution in [-0.4, -0.2) is 162 Å². The number of nitrogens with two attached hydrogens (primary N) is 1. The number of rotatable bonds is 12. The molecule has 3 aromatic carbocycles. The number of hydrogen-bond acceptors (Lipinski definition) is 13. The lowest BCUT2D eigenvalue weighted by molar-refractivity contribution is -0.143. The number of carbonyl (C=O) groups is 10. The first kappa shape index (κ1) is 63.0. The van der Waals surface area contributed by atoms with Crippen molar-refractivity contribution in [3.63, 3.8) is 0 Å². The lowest BCUT2D eigenvalue weighted by Gasteiger charge is -2.30. The van der Waals surface area contributed by atoms with Gasteiger partial charge in [-0.3, -0.25) is 47.9 Å². The van der Waals surface area contributed by atoms with E-state index in [-0.39, 0.29) is 67.6 Å². The monoisotopic (exact) mass is 1200 g/mol. The van der Waals surface area contributed by atoms with Crippen LogP contribution in [0.4, 0.5) is 8.78 Å². The minimum absolute atomic E-state index is 0.00371. The number of ether oxygens (including phenoxy) is 1. The van der Waals surface area contributed by atoms with Crippen molar-refractivity contribution in [2.45, 2.75) is 120 Å². The number of H-pyrrole nitrogens is 3. The minimum atomic E-state index is -2.01. The van der Waals surface area contributed by atoms with Gasteiger partial charge < -0.3 is 77.8 Å². The molecule has 460 valence electrons. The number of benzene rings is 3. The molecule has 5 heterocycles. The molecule has 0 saturated carbocycles. The van der Waals surface area contributed by atoms with Gasteiger partial charge in [0, 0.05) is 85.2 Å². The number of halogens is 2. The van der Waals surface area contributed by atoms with Gasteiger partial charge in [0.25, 0.3) is 0 Å². The van der Waals surface area contributed by atoms with Crippen LogP contribution in [0.1, 0.15) is 67.8 Å². The van der Waals surface area contributed by atoms with Crippen molar-refractivity contribution in [2.75, 3.05) is 19.7 Å². The van der Waals surface area contributed by atoms with Gasteiger partial charge in [-0.2, -0.15) is 0 Å². The van der Waals surface area contributed by atoms with Crippen molar-refractivity contribution in [1.82, 2.24) is 62.1 Å². The third-order valence-corrected chi connectivity index (χ3v) is 14.9. The van der Waals surface area contributed by atoms with E-state index in [9.17, 15) is 66.9 Å². The van der Waals surface area contributed by atoms with Gasteiger partial charge in [-0.25, -0.2) is 13.8 Å². The Morgan fingerprint density at radius 1 is 0.701 bits per heavy atom. The summed E-state index contributed by atoms with van der Waals surface area (Å²) in [7, 11) is 0. The second-order valence-corrected chi connectivity index (χ2v) is 21.3. The molecule has 87 heavy (non-hydrogen) atoms. The summed E-state index contributed by atoms with van der Waals surface area (Å²) in [6.45, 7) is 0.456. The summed E-state index contributed by atoms with van der Waals surface area (Å²) in [6.07, 6.45) is 7.41. The van der Waals surface area contributed by atoms with Gasteiger partial charge in [-0.15, -0.1) is 0 Å². The molecular weight excluding hydrogens is 1140 g/mol. The van der Waals surface area contributed by atoms with E-state index in [1.165, 1.54) is 97.4 Å². The molecule has 1 saturated heterocycles. The summed E-state index contributed by atoms with van der Waals surface area (Å²) in [4.78, 5) is 153. The number of phenolic OH excluding ortho intramolecular Hbond substituents is 1. The third kappa shape index (κ3) is 17.1. The molecule has 8 rings (SSSR count). The van der Waals surface area contributed by atoms with Gasteiger partial charge in [-0.1, -0.05) is 30.7 Å². The van der Waals surface area contributed by atoms with Crippen LogP contribution in [-0.2, 0) is 78.4 Å². The maximum Gasteiger partial charge on any atom is 0.305 e. The molecule has 14 N–H and O–H groups in total. The average molecular weight is 1200 g/mol. The second kappa shape index (κ2) is 29.2. The first-order valence-corrected chi connectivity index (χ1v) is 28.1. The summed E-state index contributed by atoms with van der Waals surface area (Å²) < 4.78 is 35.6. The number of hydrogen-bond donors (Lipinski definition) is 13. The number of carboxylic acid groups (broad SMARTS) is 1. The first-order valence-electron chi connectivity index (χ1n) is 28.1. The summed E-state index contributed by atoms with van der Waals surface area (Å²) >= 11 is 0. The number of allylic oxidation sites excluding steroid dienone is 1. The van der Waals surface area contributed by atoms with Crippen LogP contribution in [0.3, 0.4) is 0 Å². The van der Waals surface area contributed by atoms with Gasteiger partial charge in [0.1, 0.15) is 59.7 Å². The van der Waals surface area contributed by atoms with E-state index in [4.69, 9.17) is 10.5 Å². The van der Waals surface area contributed by atoms with E-state index >= 15 is 0 Å². The Morgan fingerprint density at radius 2 is 1.29 bits per heavy atom. The number of amides is 9. The highest BCUT2D eigenvalue weighted by Crippen LogP contribution is 2.26. The number of primary amides is 1. The standard InChI is InChI=1S/C59H67F2N13O13/c1-31(75)68-43-7-5-3-2-4-6-18-87-49-16-17-74(52(49)53(62)80)59(86)48(19-32-8-12-38(76)13-9-32)73-57(84)46(24-37-28-63-30-67-37)71-58(85)47(25-51(78)79)72-56(83)45(21-34-27-65-42-15-11-36(61)23-40(34)42)70-55(82)44(69-50(77)29-66-54(43)81)20-33-26-64-41-14-10-35(60)22-39(33)41/h4,6,8-15,22-23,26-28,30,43-49,52,64-65,76H,2-3,5,7,16-21,24-25,29H2,1H3,(H2,62,80)(H,63,67)(H,66,81)(H,68,75)(H,69,77)(H,70,82)(H,71,85)(H,72,83)(H,73,84)(H,78,79)/b6-4-/t43-,44+,45+,46+,47+,48+,49-,52+/m1/s1. The van der Waals surface area contributed by atoms with Gasteiger partial charge in [0.2, 0.25) is 53.2 Å². The van der Waals surface area contributed by atoms with E-state index < -0.39 is 139 Å². The number of fused-ring (bicyclic) bond motifs is 4. The van der Waals surface area contributed by atoms with E-state index in [0.717, 1.165) is 0 Å². The molecule has 28 heteroatoms. The van der Waals surface area contributed by atoms with Crippen molar-refractivity contribution in [3.05, 3.63) is 132 Å². The molecule has 8 atom stereocenters. The highest BCUT2D eigenvalue weighted by molar-refractivity contribution is 5.99. The number of nitrogens with one attached hydrogen (secondary N) is 10. The molecule has 0 aliphatic carbocycles. The molecule has 2 aliphatic heterocycles. The molecule has 2 bridgehead atoms. The number of aromatic nitrogens is 4. The van der Waals surface area contributed by atoms with E-state index in [0.29, 0.717) is 46.8 Å². The van der Waals surface area contributed by atoms with Crippen LogP contribution in [0, 0.1) is 11.6 Å². The Bertz CT molecular complexity index is 3540. The van der Waals surface area contributed by atoms with E-state index in [2.05, 4.69) is 57.2 Å². The Labute approximate surface area is 495 Å². The third-order valence-electron chi connectivity index (χ3n) is 14.9. The van der Waals surface area contributed by atoms with Crippen molar-refractivity contribution >= 4 is 80.9 Å². The summed E-state index contributed by atoms with van der Waals surface area (Å²) in [5.41, 5.74) is 8.10. The number of nitrogens with zero attached hydrogens (tertiary/aromatic N) is 2. The fourth-order valence-electron chi connectivity index (χ4n) is 10.6. The molecule has 9 amide bonds. The summed E-state index contributed by atoms with van der Waals surface area (Å²) in [6, 6.07) is 2.43. The van der Waals surface area contributed by atoms with Crippen LogP contribution in [0.5, 0.6) is 5.75 Å². The average Bonchev–Trinajstić information content (AvgIpc) is 3.31. The van der Waals surface area contributed by atoms with Crippen molar-refractivity contribution < 1.29 is 71.7 Å². The molecule has 0 spiro atoms. The van der Waals surface area contributed by atoms with Gasteiger partial charge in [0.05, 0.1) is 32.0 Å². The van der Waals surface area contributed by atoms with Gasteiger partial charge in [-0.05, 0) is 90.9 Å². The molecular formula is C59H67F2N13O13. The number of carbonyl (C=O) groups excluding carboxylic acids is 9. The predicted octanol–water partition coefficient (Wildman–Crippen LogP) is 0.748. The van der Waals surface area contributed by atoms with Gasteiger partial charge in [0.15, 0.2) is 0 Å². The SMILES string of the molecule is CC(=O)N[C@@H]1CCCC/C=C\CO[C@@H]2CCN(C(=O)[C@H](Cc3ccc(O)cc3)NC(=O)[C@H](Cc3cnc[nH]3)NC(=O)[C@H](CC(=O)O)NC(=O)[C@H](Cc3c[nH]c4ccc(F)cc34)NC(=O)[C@H](Cc3c[nH]c4ccc(F)cc34)NC(=O)CNC1=O)[C@@H]2C(N)=O. The summed E-state index contributed by atoms with van der Waals surface area (Å²) in [5, 5.41) is 38.7. The number of aromatic hydroxyl groups is 1. The van der Waals surface area contributed by atoms with E-state index in [1.54, 1.807) is 12.2 Å². The Kier molecular flexibility index (Phi) is 21.2. The van der Waals surface area contributed by atoms with Crippen LogP contribution in [0.15, 0.2) is 97.7 Å². The molecule has 6 aromatic rings. The maximum absolute atomic E-state index is 14.9. The zero-order chi connectivity index (χ0) is 62.3. The molecule has 2 aliphatic rings. The molecule has 0 radical (unpaired) electrons. The minimum Gasteiger partial charge on any atom is -0.508 e. The molecule has 1 fully saturated rings. The van der Waals surface area contributed by atoms with Crippen LogP contribution in [0.25, 0.3) is 21.8 Å². The topological polar surface area (TPSA) is 394 Å². The summed E-state index contributed by atoms with van der Waals surface area (Å²) in [5.74, 6) is -11.3. The Hall–Kier alpha value is -9.99. The van der Waals surface area contributed by atoms with E-state index in [1.807, 2.05) is 0 Å². The number of carboxylic acids is 1. The first-order chi connectivity index (χ1) is 41.7. The highest BCUT2D eigenvalue weighted by atomic mass is 19.1. The maximum atomic E-state index is 14.9. The number of aliphatic carboxylic acids is 1. The van der Waals surface area contributed by atoms with Gasteiger partial charge >= 0.3 is 5.97 Å². The fraction of sp³-hybridized carbons (Fsp3) is 0.373. The predicted molar refractivity (Wildman–Crippen MR) is 307 cm³/mol. The van der Waals surface area contributed by atoms with Crippen LogP contribution < -0.4 is 43.0 Å². The molecule has 3 aromatic heterocycles. The Morgan fingerprint density at radius 3 is 1.87 bits per heavy atom. The smallest absolute Gasteiger partial charge is 0.305 e. The normalized spacial score (nSPS) is 23.3. The lowest BCUT2D eigenvalue weighted by atomic mass is 10.0.